The van der Waals surface area contributed by atoms with Crippen LogP contribution in [-0.2, 0) is 4.79 Å². The largest absolute Gasteiger partial charge is 0.363 e. The number of hydrogen-bond acceptors (Lipinski definition) is 2. The number of anilines is 1. The van der Waals surface area contributed by atoms with Crippen molar-refractivity contribution < 1.29 is 26.7 Å². The number of nitrogens with zero attached hydrogens (tertiary/aromatic N) is 2. The van der Waals surface area contributed by atoms with Crippen LogP contribution in [0.5, 0.6) is 0 Å². The summed E-state index contributed by atoms with van der Waals surface area (Å²) in [6.07, 6.45) is 0. The maximum atomic E-state index is 13.7. The highest BCUT2D eigenvalue weighted by Crippen LogP contribution is 2.32. The minimum absolute atomic E-state index is 0.105. The smallest absolute Gasteiger partial charge is 0.274 e. The standard InChI is InChI=1S/C12H8Cl3F5N2O/c13-12(14,15)11(23)22-3-1-21(2-4-22)10-8(19)6(17)5(16)7(18)9(10)20/h1-4H2. The topological polar surface area (TPSA) is 23.6 Å². The van der Waals surface area contributed by atoms with E-state index in [0.29, 0.717) is 0 Å². The van der Waals surface area contributed by atoms with Crippen molar-refractivity contribution in [3.63, 3.8) is 0 Å². The van der Waals surface area contributed by atoms with Gasteiger partial charge >= 0.3 is 0 Å². The second-order valence-electron chi connectivity index (χ2n) is 4.70. The summed E-state index contributed by atoms with van der Waals surface area (Å²) in [6, 6.07) is 0. The summed E-state index contributed by atoms with van der Waals surface area (Å²) in [5.74, 6) is -11.0. The molecule has 3 nitrogen and oxygen atoms in total. The van der Waals surface area contributed by atoms with E-state index in [2.05, 4.69) is 0 Å². The Bertz CT molecular complexity index is 616. The molecule has 128 valence electrons. The zero-order valence-corrected chi connectivity index (χ0v) is 13.4. The van der Waals surface area contributed by atoms with E-state index < -0.39 is 44.5 Å². The molecule has 1 saturated heterocycles. The molecule has 1 amide bonds. The van der Waals surface area contributed by atoms with Crippen LogP contribution in [0.4, 0.5) is 27.6 Å². The van der Waals surface area contributed by atoms with Crippen LogP contribution in [-0.4, -0.2) is 40.8 Å². The number of alkyl halides is 3. The van der Waals surface area contributed by atoms with Gasteiger partial charge in [0, 0.05) is 26.2 Å². The third-order valence-corrected chi connectivity index (χ3v) is 3.80. The summed E-state index contributed by atoms with van der Waals surface area (Å²) < 4.78 is 64.7. The monoisotopic (exact) mass is 396 g/mol. The van der Waals surface area contributed by atoms with E-state index in [0.717, 1.165) is 9.80 Å². The Morgan fingerprint density at radius 1 is 0.783 bits per heavy atom. The average Bonchev–Trinajstić information content (AvgIpc) is 2.50. The quantitative estimate of drug-likeness (QED) is 0.314. The predicted molar refractivity (Wildman–Crippen MR) is 75.3 cm³/mol. The van der Waals surface area contributed by atoms with Crippen LogP contribution in [0.15, 0.2) is 0 Å². The summed E-state index contributed by atoms with van der Waals surface area (Å²) in [6.45, 7) is -0.589. The lowest BCUT2D eigenvalue weighted by molar-refractivity contribution is -0.130. The fourth-order valence-corrected chi connectivity index (χ4v) is 2.54. The molecule has 1 heterocycles. The summed E-state index contributed by atoms with van der Waals surface area (Å²) in [5.41, 5.74) is -1.04. The van der Waals surface area contributed by atoms with E-state index >= 15 is 0 Å². The number of rotatable bonds is 1. The number of carbonyl (C=O) groups excluding carboxylic acids is 1. The van der Waals surface area contributed by atoms with Crippen LogP contribution < -0.4 is 4.90 Å². The van der Waals surface area contributed by atoms with E-state index in [1.807, 2.05) is 0 Å². The Labute approximate surface area is 142 Å². The van der Waals surface area contributed by atoms with Crippen LogP contribution in [0.25, 0.3) is 0 Å². The molecule has 23 heavy (non-hydrogen) atoms. The molecular weight excluding hydrogens is 389 g/mol. The highest BCUT2D eigenvalue weighted by molar-refractivity contribution is 6.76. The molecule has 2 rings (SSSR count). The molecule has 0 bridgehead atoms. The Hall–Kier alpha value is -0.990. The van der Waals surface area contributed by atoms with Gasteiger partial charge in [-0.2, -0.15) is 0 Å². The molecule has 1 aromatic rings. The van der Waals surface area contributed by atoms with Gasteiger partial charge in [0.05, 0.1) is 0 Å². The molecule has 1 aliphatic rings. The molecule has 0 unspecified atom stereocenters. The lowest BCUT2D eigenvalue weighted by Gasteiger charge is -2.37. The summed E-state index contributed by atoms with van der Waals surface area (Å²) in [5, 5.41) is 0. The highest BCUT2D eigenvalue weighted by atomic mass is 35.6. The van der Waals surface area contributed by atoms with Crippen molar-refractivity contribution in [1.29, 1.82) is 0 Å². The Morgan fingerprint density at radius 3 is 1.57 bits per heavy atom. The fourth-order valence-electron chi connectivity index (χ4n) is 2.18. The molecule has 0 spiro atoms. The molecule has 1 aromatic carbocycles. The van der Waals surface area contributed by atoms with E-state index in [4.69, 9.17) is 34.8 Å². The first-order valence-electron chi connectivity index (χ1n) is 6.18. The third kappa shape index (κ3) is 3.44. The molecule has 1 aliphatic heterocycles. The van der Waals surface area contributed by atoms with Crippen LogP contribution in [0.3, 0.4) is 0 Å². The second-order valence-corrected chi connectivity index (χ2v) is 6.98. The van der Waals surface area contributed by atoms with E-state index in [1.165, 1.54) is 0 Å². The van der Waals surface area contributed by atoms with Crippen molar-refractivity contribution in [1.82, 2.24) is 4.90 Å². The van der Waals surface area contributed by atoms with Crippen LogP contribution >= 0.6 is 34.8 Å². The Kier molecular flexibility index (Phi) is 5.18. The molecule has 0 atom stereocenters. The van der Waals surface area contributed by atoms with Crippen molar-refractivity contribution in [3.05, 3.63) is 29.1 Å². The normalized spacial score (nSPS) is 16.0. The van der Waals surface area contributed by atoms with E-state index in [9.17, 15) is 26.7 Å². The molecular formula is C12H8Cl3F5N2O. The summed E-state index contributed by atoms with van der Waals surface area (Å²) in [4.78, 5) is 13.8. The highest BCUT2D eigenvalue weighted by Gasteiger charge is 2.37. The third-order valence-electron chi connectivity index (χ3n) is 3.31. The maximum Gasteiger partial charge on any atom is 0.274 e. The molecule has 0 saturated carbocycles. The summed E-state index contributed by atoms with van der Waals surface area (Å²) >= 11 is 16.3. The number of carbonyl (C=O) groups is 1. The molecule has 0 aliphatic carbocycles. The van der Waals surface area contributed by atoms with Gasteiger partial charge in [0.25, 0.3) is 9.70 Å². The number of benzene rings is 1. The first-order chi connectivity index (χ1) is 10.6. The Balaban J connectivity index is 2.23. The molecule has 0 aromatic heterocycles. The lowest BCUT2D eigenvalue weighted by Crippen LogP contribution is -2.52. The summed E-state index contributed by atoms with van der Waals surface area (Å²) in [7, 11) is 0. The zero-order valence-electron chi connectivity index (χ0n) is 11.2. The first kappa shape index (κ1) is 18.4. The van der Waals surface area contributed by atoms with Crippen LogP contribution in [0.2, 0.25) is 0 Å². The van der Waals surface area contributed by atoms with Crippen LogP contribution in [0, 0.1) is 29.1 Å². The molecule has 0 N–H and O–H groups in total. The van der Waals surface area contributed by atoms with Crippen molar-refractivity contribution in [2.45, 2.75) is 3.79 Å². The zero-order chi connectivity index (χ0) is 17.5. The number of piperazine rings is 1. The minimum Gasteiger partial charge on any atom is -0.363 e. The van der Waals surface area contributed by atoms with Gasteiger partial charge in [-0.15, -0.1) is 0 Å². The van der Waals surface area contributed by atoms with Gasteiger partial charge < -0.3 is 9.80 Å². The Morgan fingerprint density at radius 2 is 1.17 bits per heavy atom. The van der Waals surface area contributed by atoms with Gasteiger partial charge in [-0.1, -0.05) is 34.8 Å². The van der Waals surface area contributed by atoms with Crippen molar-refractivity contribution >= 4 is 46.4 Å². The first-order valence-corrected chi connectivity index (χ1v) is 7.31. The van der Waals surface area contributed by atoms with Gasteiger partial charge in [-0.05, 0) is 0 Å². The van der Waals surface area contributed by atoms with E-state index in [-0.39, 0.29) is 26.2 Å². The second kappa shape index (κ2) is 6.49. The van der Waals surface area contributed by atoms with Crippen molar-refractivity contribution in [2.75, 3.05) is 31.1 Å². The van der Waals surface area contributed by atoms with Gasteiger partial charge in [-0.25, -0.2) is 22.0 Å². The lowest BCUT2D eigenvalue weighted by atomic mass is 10.2. The number of halogens is 8. The molecule has 0 radical (unpaired) electrons. The predicted octanol–water partition coefficient (Wildman–Crippen LogP) is 3.40. The molecule has 1 fully saturated rings. The number of amides is 1. The van der Waals surface area contributed by atoms with E-state index in [1.54, 1.807) is 0 Å². The van der Waals surface area contributed by atoms with Crippen LogP contribution in [0.1, 0.15) is 0 Å². The minimum atomic E-state index is -2.23. The number of hydrogen-bond donors (Lipinski definition) is 0. The van der Waals surface area contributed by atoms with Crippen molar-refractivity contribution in [3.8, 4) is 0 Å². The molecule has 11 heteroatoms. The fraction of sp³-hybridized carbons (Fsp3) is 0.417. The SMILES string of the molecule is O=C(N1CCN(c2c(F)c(F)c(F)c(F)c2F)CC1)C(Cl)(Cl)Cl. The van der Waals surface area contributed by atoms with Crippen molar-refractivity contribution in [2.24, 2.45) is 0 Å². The van der Waals surface area contributed by atoms with Gasteiger partial charge in [0.2, 0.25) is 5.82 Å². The van der Waals surface area contributed by atoms with Gasteiger partial charge in [0.15, 0.2) is 23.3 Å². The van der Waals surface area contributed by atoms with Gasteiger partial charge in [0.1, 0.15) is 5.69 Å². The average molecular weight is 398 g/mol. The maximum absolute atomic E-state index is 13.7. The van der Waals surface area contributed by atoms with Gasteiger partial charge in [-0.3, -0.25) is 4.79 Å².